The largest absolute Gasteiger partial charge is 0.369 e. The Hall–Kier alpha value is 0.270. The summed E-state index contributed by atoms with van der Waals surface area (Å²) in [6, 6.07) is 0. The highest BCUT2D eigenvalue weighted by atomic mass is 127. The molecule has 0 heterocycles. The fourth-order valence-electron chi connectivity index (χ4n) is 1.53. The van der Waals surface area contributed by atoms with E-state index in [9.17, 15) is 0 Å². The summed E-state index contributed by atoms with van der Waals surface area (Å²) in [5.41, 5.74) is 0.436. The molecular weight excluding hydrogens is 285 g/mol. The molecule has 0 aromatic rings. The van der Waals surface area contributed by atoms with Crippen molar-refractivity contribution in [2.24, 2.45) is 11.3 Å². The van der Waals surface area contributed by atoms with E-state index in [0.717, 1.165) is 11.1 Å². The van der Waals surface area contributed by atoms with E-state index in [1.54, 1.807) is 0 Å². The van der Waals surface area contributed by atoms with Crippen molar-refractivity contribution in [3.8, 4) is 0 Å². The van der Waals surface area contributed by atoms with Crippen molar-refractivity contribution in [2.45, 2.75) is 41.0 Å². The molecule has 84 valence electrons. The van der Waals surface area contributed by atoms with Crippen molar-refractivity contribution in [1.29, 1.82) is 0 Å². The van der Waals surface area contributed by atoms with Crippen LogP contribution in [-0.4, -0.2) is 16.0 Å². The lowest BCUT2D eigenvalue weighted by atomic mass is 9.85. The molecule has 0 aliphatic heterocycles. The fourth-order valence-corrected chi connectivity index (χ4v) is 2.24. The second-order valence-corrected chi connectivity index (χ2v) is 5.79. The van der Waals surface area contributed by atoms with E-state index in [4.69, 9.17) is 0 Å². The first kappa shape index (κ1) is 14.3. The first-order chi connectivity index (χ1) is 6.39. The van der Waals surface area contributed by atoms with Gasteiger partial charge in [0.1, 0.15) is 0 Å². The molecule has 0 aliphatic carbocycles. The second-order valence-electron chi connectivity index (χ2n) is 5.11. The fraction of sp³-hybridized carbons (Fsp3) is 0.833. The zero-order chi connectivity index (χ0) is 11.2. The van der Waals surface area contributed by atoms with Crippen molar-refractivity contribution in [2.75, 3.05) is 11.1 Å². The molecule has 1 unspecified atom stereocenters. The van der Waals surface area contributed by atoms with Crippen molar-refractivity contribution in [3.05, 3.63) is 12.3 Å². The van der Waals surface area contributed by atoms with Gasteiger partial charge in [-0.2, -0.15) is 0 Å². The minimum atomic E-state index is 0.436. The van der Waals surface area contributed by atoms with Gasteiger partial charge in [0, 0.05) is 6.54 Å². The van der Waals surface area contributed by atoms with Crippen molar-refractivity contribution >= 4 is 22.6 Å². The molecular formula is C12H24IN. The molecule has 0 aromatic heterocycles. The monoisotopic (exact) mass is 309 g/mol. The standard InChI is InChI=1S/C12H24IN/c1-6-14(10-13)8-7-11(2)9-12(3,4)5/h7-8,11H,6,9-10H2,1-5H3/b8-7+. The van der Waals surface area contributed by atoms with Crippen LogP contribution in [0.15, 0.2) is 12.3 Å². The summed E-state index contributed by atoms with van der Waals surface area (Å²) in [5.74, 6) is 0.673. The van der Waals surface area contributed by atoms with Crippen LogP contribution in [0.5, 0.6) is 0 Å². The predicted octanol–water partition coefficient (Wildman–Crippen LogP) is 4.29. The molecule has 0 spiro atoms. The molecule has 0 aliphatic rings. The topological polar surface area (TPSA) is 3.24 Å². The first-order valence-electron chi connectivity index (χ1n) is 5.37. The van der Waals surface area contributed by atoms with E-state index < -0.39 is 0 Å². The molecule has 2 heteroatoms. The molecule has 0 N–H and O–H groups in total. The maximum Gasteiger partial charge on any atom is 0.0693 e. The predicted molar refractivity (Wildman–Crippen MR) is 73.6 cm³/mol. The molecule has 0 fully saturated rings. The summed E-state index contributed by atoms with van der Waals surface area (Å²) in [6.07, 6.45) is 5.82. The summed E-state index contributed by atoms with van der Waals surface area (Å²) in [7, 11) is 0. The molecule has 0 aromatic carbocycles. The smallest absolute Gasteiger partial charge is 0.0693 e. The van der Waals surface area contributed by atoms with Crippen LogP contribution in [0.25, 0.3) is 0 Å². The average Bonchev–Trinajstić information content (AvgIpc) is 2.03. The first-order valence-corrected chi connectivity index (χ1v) is 6.90. The van der Waals surface area contributed by atoms with Gasteiger partial charge in [-0.05, 0) is 30.9 Å². The van der Waals surface area contributed by atoms with E-state index in [1.165, 1.54) is 6.42 Å². The van der Waals surface area contributed by atoms with Gasteiger partial charge in [-0.3, -0.25) is 0 Å². The van der Waals surface area contributed by atoms with Crippen molar-refractivity contribution in [3.63, 3.8) is 0 Å². The van der Waals surface area contributed by atoms with Gasteiger partial charge in [-0.15, -0.1) is 0 Å². The molecule has 1 atom stereocenters. The van der Waals surface area contributed by atoms with Crippen LogP contribution in [0.4, 0.5) is 0 Å². The maximum absolute atomic E-state index is 2.40. The molecule has 14 heavy (non-hydrogen) atoms. The third kappa shape index (κ3) is 7.65. The van der Waals surface area contributed by atoms with E-state index in [0.29, 0.717) is 11.3 Å². The number of hydrogen-bond acceptors (Lipinski definition) is 1. The van der Waals surface area contributed by atoms with Gasteiger partial charge in [-0.1, -0.05) is 56.4 Å². The Bertz CT molecular complexity index is 166. The maximum atomic E-state index is 2.40. The Balaban J connectivity index is 3.98. The zero-order valence-corrected chi connectivity index (χ0v) is 12.3. The summed E-state index contributed by atoms with van der Waals surface area (Å²) in [6.45, 7) is 12.5. The van der Waals surface area contributed by atoms with Crippen molar-refractivity contribution < 1.29 is 0 Å². The third-order valence-corrected chi connectivity index (χ3v) is 3.00. The van der Waals surface area contributed by atoms with E-state index in [1.807, 2.05) is 0 Å². The van der Waals surface area contributed by atoms with Crippen LogP contribution in [0.2, 0.25) is 0 Å². The lowest BCUT2D eigenvalue weighted by Crippen LogP contribution is -2.15. The lowest BCUT2D eigenvalue weighted by Gasteiger charge is -2.22. The van der Waals surface area contributed by atoms with Gasteiger partial charge >= 0.3 is 0 Å². The van der Waals surface area contributed by atoms with Crippen LogP contribution >= 0.6 is 22.6 Å². The Morgan fingerprint density at radius 1 is 1.36 bits per heavy atom. The Labute approximate surface area is 103 Å². The highest BCUT2D eigenvalue weighted by Gasteiger charge is 2.13. The molecule has 0 amide bonds. The van der Waals surface area contributed by atoms with Crippen LogP contribution < -0.4 is 0 Å². The highest BCUT2D eigenvalue weighted by Crippen LogP contribution is 2.24. The van der Waals surface area contributed by atoms with Gasteiger partial charge in [0.15, 0.2) is 0 Å². The van der Waals surface area contributed by atoms with Crippen LogP contribution in [0.1, 0.15) is 41.0 Å². The van der Waals surface area contributed by atoms with Crippen molar-refractivity contribution in [1.82, 2.24) is 4.90 Å². The Morgan fingerprint density at radius 3 is 2.29 bits per heavy atom. The SMILES string of the molecule is CCN(/C=C/C(C)CC(C)(C)C)CI. The van der Waals surface area contributed by atoms with Gasteiger partial charge < -0.3 is 4.90 Å². The van der Waals surface area contributed by atoms with E-state index in [-0.39, 0.29) is 0 Å². The van der Waals surface area contributed by atoms with Gasteiger partial charge in [0.2, 0.25) is 0 Å². The minimum absolute atomic E-state index is 0.436. The lowest BCUT2D eigenvalue weighted by molar-refractivity contribution is 0.334. The second kappa shape index (κ2) is 6.70. The number of hydrogen-bond donors (Lipinski definition) is 0. The number of halogens is 1. The normalized spacial score (nSPS) is 14.7. The van der Waals surface area contributed by atoms with Gasteiger partial charge in [0.25, 0.3) is 0 Å². The Morgan fingerprint density at radius 2 is 1.93 bits per heavy atom. The zero-order valence-electron chi connectivity index (χ0n) is 10.2. The van der Waals surface area contributed by atoms with Gasteiger partial charge in [-0.25, -0.2) is 0 Å². The van der Waals surface area contributed by atoms with Crippen LogP contribution in [0, 0.1) is 11.3 Å². The molecule has 0 rings (SSSR count). The number of alkyl halides is 1. The summed E-state index contributed by atoms with van der Waals surface area (Å²) in [5, 5.41) is 0. The average molecular weight is 309 g/mol. The quantitative estimate of drug-likeness (QED) is 0.416. The summed E-state index contributed by atoms with van der Waals surface area (Å²) >= 11 is 2.40. The van der Waals surface area contributed by atoms with Crippen LogP contribution in [-0.2, 0) is 0 Å². The number of allylic oxidation sites excluding steroid dienone is 1. The molecule has 0 saturated carbocycles. The van der Waals surface area contributed by atoms with Gasteiger partial charge in [0.05, 0.1) is 4.55 Å². The molecule has 0 bridgehead atoms. The highest BCUT2D eigenvalue weighted by molar-refractivity contribution is 14.1. The summed E-state index contributed by atoms with van der Waals surface area (Å²) in [4.78, 5) is 2.32. The van der Waals surface area contributed by atoms with E-state index >= 15 is 0 Å². The van der Waals surface area contributed by atoms with E-state index in [2.05, 4.69) is 74.4 Å². The molecule has 1 nitrogen and oxygen atoms in total. The molecule has 0 radical (unpaired) electrons. The number of rotatable bonds is 5. The number of nitrogens with zero attached hydrogens (tertiary/aromatic N) is 1. The summed E-state index contributed by atoms with van der Waals surface area (Å²) < 4.78 is 1.08. The van der Waals surface area contributed by atoms with Crippen LogP contribution in [0.3, 0.4) is 0 Å². The minimum Gasteiger partial charge on any atom is -0.369 e. The third-order valence-electron chi connectivity index (χ3n) is 2.12. The molecule has 0 saturated heterocycles. The Kier molecular flexibility index (Phi) is 6.83.